The number of nitrogens with zero attached hydrogens (tertiary/aromatic N) is 1. The number of benzene rings is 1. The van der Waals surface area contributed by atoms with E-state index in [1.165, 1.54) is 18.5 Å². The van der Waals surface area contributed by atoms with Crippen LogP contribution in [0.3, 0.4) is 0 Å². The predicted octanol–water partition coefficient (Wildman–Crippen LogP) is 2.11. The Morgan fingerprint density at radius 3 is 2.73 bits per heavy atom. The van der Waals surface area contributed by atoms with Crippen molar-refractivity contribution in [3.8, 4) is 0 Å². The molecule has 1 aromatic rings. The van der Waals surface area contributed by atoms with Gasteiger partial charge in [0.1, 0.15) is 0 Å². The number of para-hydroxylation sites is 1. The van der Waals surface area contributed by atoms with Gasteiger partial charge >= 0.3 is 0 Å². The molecule has 22 heavy (non-hydrogen) atoms. The highest BCUT2D eigenvalue weighted by molar-refractivity contribution is 6.06. The molecule has 2 aliphatic heterocycles. The summed E-state index contributed by atoms with van der Waals surface area (Å²) in [5.41, 5.74) is 2.00. The molecule has 118 valence electrons. The smallest absolute Gasteiger partial charge is 0.235 e. The number of fused-ring (bicyclic) bond motifs is 2. The van der Waals surface area contributed by atoms with Gasteiger partial charge in [-0.2, -0.15) is 0 Å². The average molecular weight is 299 g/mol. The number of carbonyl (C=O) groups excluding carboxylic acids is 1. The monoisotopic (exact) mass is 299 g/mol. The number of amides is 1. The van der Waals surface area contributed by atoms with Crippen molar-refractivity contribution in [1.29, 1.82) is 0 Å². The second-order valence-corrected chi connectivity index (χ2v) is 7.08. The molecule has 1 unspecified atom stereocenters. The first kappa shape index (κ1) is 14.2. The topological polar surface area (TPSA) is 44.4 Å². The fourth-order valence-electron chi connectivity index (χ4n) is 4.69. The molecule has 1 atom stereocenters. The van der Waals surface area contributed by atoms with Crippen LogP contribution in [0.1, 0.15) is 37.7 Å². The molecule has 0 bridgehead atoms. The SMILES string of the molecule is CNC1CCN(C2CCC3(CC2)C(=O)Nc2ccccc23)C1. The van der Waals surface area contributed by atoms with Crippen LogP contribution < -0.4 is 10.6 Å². The van der Waals surface area contributed by atoms with Gasteiger partial charge in [0.15, 0.2) is 0 Å². The normalized spacial score (nSPS) is 34.9. The molecule has 1 spiro atoms. The van der Waals surface area contributed by atoms with Gasteiger partial charge in [0.2, 0.25) is 5.91 Å². The zero-order valence-electron chi connectivity index (χ0n) is 13.3. The Kier molecular flexibility index (Phi) is 3.46. The summed E-state index contributed by atoms with van der Waals surface area (Å²) in [5, 5.41) is 6.49. The molecule has 0 radical (unpaired) electrons. The molecule has 2 heterocycles. The zero-order valence-corrected chi connectivity index (χ0v) is 13.3. The summed E-state index contributed by atoms with van der Waals surface area (Å²) in [4.78, 5) is 15.2. The molecular formula is C18H25N3O. The molecule has 1 saturated heterocycles. The molecule has 2 N–H and O–H groups in total. The van der Waals surface area contributed by atoms with E-state index in [0.29, 0.717) is 12.1 Å². The minimum Gasteiger partial charge on any atom is -0.325 e. The molecule has 0 aromatic heterocycles. The van der Waals surface area contributed by atoms with E-state index in [2.05, 4.69) is 34.7 Å². The number of anilines is 1. The summed E-state index contributed by atoms with van der Waals surface area (Å²) < 4.78 is 0. The van der Waals surface area contributed by atoms with Crippen LogP contribution in [0.15, 0.2) is 24.3 Å². The van der Waals surface area contributed by atoms with Gasteiger partial charge in [-0.25, -0.2) is 0 Å². The van der Waals surface area contributed by atoms with Gasteiger partial charge in [-0.1, -0.05) is 18.2 Å². The quantitative estimate of drug-likeness (QED) is 0.879. The Hall–Kier alpha value is -1.39. The molecule has 2 fully saturated rings. The maximum atomic E-state index is 12.6. The predicted molar refractivity (Wildman–Crippen MR) is 88.0 cm³/mol. The standard InChI is InChI=1S/C18H25N3O/c1-19-13-8-11-21(12-13)14-6-9-18(10-7-14)15-4-2-3-5-16(15)20-17(18)22/h2-5,13-14,19H,6-12H2,1H3,(H,20,22). The largest absolute Gasteiger partial charge is 0.325 e. The fraction of sp³-hybridized carbons (Fsp3) is 0.611. The van der Waals surface area contributed by atoms with E-state index in [1.807, 2.05) is 12.1 Å². The van der Waals surface area contributed by atoms with Crippen LogP contribution in [0.25, 0.3) is 0 Å². The van der Waals surface area contributed by atoms with E-state index in [0.717, 1.165) is 37.9 Å². The fourth-order valence-corrected chi connectivity index (χ4v) is 4.69. The van der Waals surface area contributed by atoms with E-state index in [4.69, 9.17) is 0 Å². The van der Waals surface area contributed by atoms with Gasteiger partial charge in [-0.15, -0.1) is 0 Å². The molecule has 1 amide bonds. The molecule has 4 nitrogen and oxygen atoms in total. The summed E-state index contributed by atoms with van der Waals surface area (Å²) >= 11 is 0. The number of nitrogens with one attached hydrogen (secondary N) is 2. The Balaban J connectivity index is 1.49. The lowest BCUT2D eigenvalue weighted by atomic mass is 9.68. The lowest BCUT2D eigenvalue weighted by Gasteiger charge is -2.39. The van der Waals surface area contributed by atoms with Crippen molar-refractivity contribution in [3.63, 3.8) is 0 Å². The van der Waals surface area contributed by atoms with E-state index in [1.54, 1.807) is 0 Å². The second kappa shape index (κ2) is 5.36. The van der Waals surface area contributed by atoms with Crippen molar-refractivity contribution in [3.05, 3.63) is 29.8 Å². The Morgan fingerprint density at radius 1 is 1.23 bits per heavy atom. The first-order chi connectivity index (χ1) is 10.7. The van der Waals surface area contributed by atoms with Crippen molar-refractivity contribution in [1.82, 2.24) is 10.2 Å². The molecular weight excluding hydrogens is 274 g/mol. The molecule has 1 aromatic carbocycles. The Morgan fingerprint density at radius 2 is 2.00 bits per heavy atom. The second-order valence-electron chi connectivity index (χ2n) is 7.08. The molecule has 3 aliphatic rings. The highest BCUT2D eigenvalue weighted by atomic mass is 16.2. The van der Waals surface area contributed by atoms with Crippen molar-refractivity contribution >= 4 is 11.6 Å². The summed E-state index contributed by atoms with van der Waals surface area (Å²) in [5.74, 6) is 0.224. The van der Waals surface area contributed by atoms with Crippen LogP contribution >= 0.6 is 0 Å². The van der Waals surface area contributed by atoms with Gasteiger partial charge in [0.05, 0.1) is 5.41 Å². The van der Waals surface area contributed by atoms with Crippen molar-refractivity contribution in [2.75, 3.05) is 25.5 Å². The van der Waals surface area contributed by atoms with Crippen LogP contribution in [0, 0.1) is 0 Å². The number of likely N-dealkylation sites (tertiary alicyclic amines) is 1. The van der Waals surface area contributed by atoms with Crippen molar-refractivity contribution < 1.29 is 4.79 Å². The molecule has 1 saturated carbocycles. The third kappa shape index (κ3) is 2.09. The van der Waals surface area contributed by atoms with Gasteiger partial charge in [0, 0.05) is 30.9 Å². The molecule has 4 rings (SSSR count). The number of rotatable bonds is 2. The highest BCUT2D eigenvalue weighted by Crippen LogP contribution is 2.48. The van der Waals surface area contributed by atoms with Crippen molar-refractivity contribution in [2.24, 2.45) is 0 Å². The van der Waals surface area contributed by atoms with Crippen LogP contribution in [0.2, 0.25) is 0 Å². The molecule has 4 heteroatoms. The minimum atomic E-state index is -0.255. The Bertz CT molecular complexity index is 577. The average Bonchev–Trinajstić information content (AvgIpc) is 3.13. The number of hydrogen-bond donors (Lipinski definition) is 2. The third-order valence-electron chi connectivity index (χ3n) is 6.08. The summed E-state index contributed by atoms with van der Waals surface area (Å²) in [7, 11) is 2.06. The minimum absolute atomic E-state index is 0.224. The van der Waals surface area contributed by atoms with Gasteiger partial charge in [-0.3, -0.25) is 9.69 Å². The number of hydrogen-bond acceptors (Lipinski definition) is 3. The van der Waals surface area contributed by atoms with Gasteiger partial charge in [-0.05, 0) is 50.8 Å². The highest BCUT2D eigenvalue weighted by Gasteiger charge is 2.49. The summed E-state index contributed by atoms with van der Waals surface area (Å²) in [6, 6.07) is 9.54. The maximum Gasteiger partial charge on any atom is 0.235 e. The first-order valence-corrected chi connectivity index (χ1v) is 8.55. The summed E-state index contributed by atoms with van der Waals surface area (Å²) in [6.45, 7) is 2.36. The zero-order chi connectivity index (χ0) is 15.2. The van der Waals surface area contributed by atoms with E-state index in [-0.39, 0.29) is 11.3 Å². The van der Waals surface area contributed by atoms with Gasteiger partial charge in [0.25, 0.3) is 0 Å². The summed E-state index contributed by atoms with van der Waals surface area (Å²) in [6.07, 6.45) is 5.50. The lowest BCUT2D eigenvalue weighted by Crippen LogP contribution is -2.45. The van der Waals surface area contributed by atoms with E-state index in [9.17, 15) is 4.79 Å². The van der Waals surface area contributed by atoms with Crippen molar-refractivity contribution in [2.45, 2.75) is 49.6 Å². The lowest BCUT2D eigenvalue weighted by molar-refractivity contribution is -0.122. The third-order valence-corrected chi connectivity index (χ3v) is 6.08. The first-order valence-electron chi connectivity index (χ1n) is 8.55. The van der Waals surface area contributed by atoms with Gasteiger partial charge < -0.3 is 10.6 Å². The van der Waals surface area contributed by atoms with Crippen LogP contribution in [0.5, 0.6) is 0 Å². The van der Waals surface area contributed by atoms with E-state index >= 15 is 0 Å². The van der Waals surface area contributed by atoms with Crippen LogP contribution in [0.4, 0.5) is 5.69 Å². The van der Waals surface area contributed by atoms with E-state index < -0.39 is 0 Å². The van der Waals surface area contributed by atoms with Crippen LogP contribution in [-0.2, 0) is 10.2 Å². The number of carbonyl (C=O) groups is 1. The molecule has 1 aliphatic carbocycles. The maximum absolute atomic E-state index is 12.6. The Labute approximate surface area is 132 Å². The van der Waals surface area contributed by atoms with Crippen LogP contribution in [-0.4, -0.2) is 43.0 Å². The number of likely N-dealkylation sites (N-methyl/N-ethyl adjacent to an activating group) is 1.